The highest BCUT2D eigenvalue weighted by molar-refractivity contribution is 5.87. The molecule has 2 aliphatic rings. The van der Waals surface area contributed by atoms with Crippen molar-refractivity contribution in [1.82, 2.24) is 4.90 Å². The van der Waals surface area contributed by atoms with Gasteiger partial charge in [0.05, 0.1) is 5.71 Å². The number of amides is 1. The lowest BCUT2D eigenvalue weighted by Gasteiger charge is -2.17. The molecular formula is C15H18N2O3. The molecule has 1 aromatic carbocycles. The Morgan fingerprint density at radius 3 is 2.50 bits per heavy atom. The van der Waals surface area contributed by atoms with Crippen molar-refractivity contribution in [2.45, 2.75) is 19.4 Å². The van der Waals surface area contributed by atoms with E-state index in [1.54, 1.807) is 4.90 Å². The number of rotatable bonds is 2. The highest BCUT2D eigenvalue weighted by atomic mass is 16.6. The number of hydrogen-bond acceptors (Lipinski definition) is 4. The first-order valence-electron chi connectivity index (χ1n) is 6.91. The van der Waals surface area contributed by atoms with E-state index < -0.39 is 0 Å². The fraction of sp³-hybridized carbons (Fsp3) is 0.467. The summed E-state index contributed by atoms with van der Waals surface area (Å²) < 4.78 is 5.34. The molecule has 2 atom stereocenters. The molecule has 1 heterocycles. The predicted molar refractivity (Wildman–Crippen MR) is 73.6 cm³/mol. The van der Waals surface area contributed by atoms with E-state index in [2.05, 4.69) is 5.16 Å². The van der Waals surface area contributed by atoms with Crippen molar-refractivity contribution < 1.29 is 14.7 Å². The molecule has 1 aliphatic heterocycles. The monoisotopic (exact) mass is 274 g/mol. The van der Waals surface area contributed by atoms with Gasteiger partial charge in [-0.05, 0) is 30.2 Å². The van der Waals surface area contributed by atoms with Crippen molar-refractivity contribution in [3.8, 4) is 0 Å². The Hall–Kier alpha value is -2.04. The number of nitrogens with zero attached hydrogens (tertiary/aromatic N) is 2. The first kappa shape index (κ1) is 13.0. The van der Waals surface area contributed by atoms with Gasteiger partial charge in [-0.25, -0.2) is 4.79 Å². The zero-order valence-corrected chi connectivity index (χ0v) is 11.2. The van der Waals surface area contributed by atoms with Crippen LogP contribution in [0.5, 0.6) is 0 Å². The molecule has 0 aromatic heterocycles. The summed E-state index contributed by atoms with van der Waals surface area (Å²) in [6.07, 6.45) is 1.35. The molecule has 5 heteroatoms. The minimum absolute atomic E-state index is 0.245. The van der Waals surface area contributed by atoms with Crippen molar-refractivity contribution in [2.75, 3.05) is 13.1 Å². The Labute approximate surface area is 117 Å². The fourth-order valence-corrected chi connectivity index (χ4v) is 3.13. The van der Waals surface area contributed by atoms with Crippen LogP contribution < -0.4 is 0 Å². The van der Waals surface area contributed by atoms with Crippen molar-refractivity contribution in [3.05, 3.63) is 35.9 Å². The van der Waals surface area contributed by atoms with Crippen LogP contribution in [-0.4, -0.2) is 35.0 Å². The van der Waals surface area contributed by atoms with Crippen LogP contribution in [0.2, 0.25) is 0 Å². The van der Waals surface area contributed by atoms with Gasteiger partial charge in [-0.3, -0.25) is 0 Å². The van der Waals surface area contributed by atoms with Gasteiger partial charge in [0.2, 0.25) is 0 Å². The van der Waals surface area contributed by atoms with Crippen molar-refractivity contribution >= 4 is 11.8 Å². The highest BCUT2D eigenvalue weighted by Gasteiger charge is 2.41. The zero-order valence-electron chi connectivity index (χ0n) is 11.2. The van der Waals surface area contributed by atoms with Gasteiger partial charge >= 0.3 is 6.09 Å². The maximum Gasteiger partial charge on any atom is 0.410 e. The molecule has 2 fully saturated rings. The lowest BCUT2D eigenvalue weighted by molar-refractivity contribution is 0.102. The highest BCUT2D eigenvalue weighted by Crippen LogP contribution is 2.36. The molecule has 2 unspecified atom stereocenters. The second kappa shape index (κ2) is 5.53. The number of benzene rings is 1. The number of likely N-dealkylation sites (tertiary alicyclic amines) is 1. The maximum atomic E-state index is 12.0. The largest absolute Gasteiger partial charge is 0.445 e. The Balaban J connectivity index is 1.51. The first-order valence-corrected chi connectivity index (χ1v) is 6.91. The molecule has 3 rings (SSSR count). The lowest BCUT2D eigenvalue weighted by atomic mass is 10.0. The van der Waals surface area contributed by atoms with E-state index in [1.807, 2.05) is 30.3 Å². The number of carbonyl (C=O) groups is 1. The van der Waals surface area contributed by atoms with Crippen LogP contribution >= 0.6 is 0 Å². The van der Waals surface area contributed by atoms with Gasteiger partial charge in [0.1, 0.15) is 6.61 Å². The Morgan fingerprint density at radius 1 is 1.25 bits per heavy atom. The molecule has 0 bridgehead atoms. The molecule has 1 aliphatic carbocycles. The summed E-state index contributed by atoms with van der Waals surface area (Å²) in [5.74, 6) is 0.843. The fourth-order valence-electron chi connectivity index (χ4n) is 3.13. The average Bonchev–Trinajstić information content (AvgIpc) is 3.04. The third kappa shape index (κ3) is 2.61. The number of fused-ring (bicyclic) bond motifs is 1. The van der Waals surface area contributed by atoms with Gasteiger partial charge in [0.25, 0.3) is 0 Å². The summed E-state index contributed by atoms with van der Waals surface area (Å²) in [7, 11) is 0. The lowest BCUT2D eigenvalue weighted by Crippen LogP contribution is -2.30. The van der Waals surface area contributed by atoms with Crippen LogP contribution in [0.4, 0.5) is 4.79 Å². The van der Waals surface area contributed by atoms with Gasteiger partial charge < -0.3 is 14.8 Å². The summed E-state index contributed by atoms with van der Waals surface area (Å²) in [5.41, 5.74) is 1.85. The molecule has 1 aromatic rings. The molecule has 1 amide bonds. The Morgan fingerprint density at radius 2 is 1.90 bits per heavy atom. The number of oxime groups is 1. The third-order valence-corrected chi connectivity index (χ3v) is 4.18. The Kier molecular flexibility index (Phi) is 3.58. The number of hydrogen-bond donors (Lipinski definition) is 1. The van der Waals surface area contributed by atoms with E-state index in [0.29, 0.717) is 31.5 Å². The van der Waals surface area contributed by atoms with Crippen LogP contribution in [-0.2, 0) is 11.3 Å². The molecule has 1 saturated carbocycles. The van der Waals surface area contributed by atoms with Crippen molar-refractivity contribution in [2.24, 2.45) is 17.0 Å². The van der Waals surface area contributed by atoms with Crippen LogP contribution in [0.15, 0.2) is 35.5 Å². The molecule has 1 saturated heterocycles. The SMILES string of the molecule is O=C(OCc1ccccc1)N1CC2CC(=NO)CC2C1. The van der Waals surface area contributed by atoms with E-state index in [-0.39, 0.29) is 6.09 Å². The van der Waals surface area contributed by atoms with E-state index in [4.69, 9.17) is 9.94 Å². The van der Waals surface area contributed by atoms with E-state index in [0.717, 1.165) is 24.1 Å². The summed E-state index contributed by atoms with van der Waals surface area (Å²) in [6, 6.07) is 9.68. The Bertz CT molecular complexity index is 499. The van der Waals surface area contributed by atoms with Crippen LogP contribution in [0, 0.1) is 11.8 Å². The summed E-state index contributed by atoms with van der Waals surface area (Å²) in [5, 5.41) is 12.1. The quantitative estimate of drug-likeness (QED) is 0.665. The first-order chi connectivity index (χ1) is 9.76. The van der Waals surface area contributed by atoms with Crippen molar-refractivity contribution in [1.29, 1.82) is 0 Å². The molecule has 1 N–H and O–H groups in total. The summed E-state index contributed by atoms with van der Waals surface area (Å²) >= 11 is 0. The second-order valence-electron chi connectivity index (χ2n) is 5.54. The van der Waals surface area contributed by atoms with Crippen LogP contribution in [0.1, 0.15) is 18.4 Å². The summed E-state index contributed by atoms with van der Waals surface area (Å²) in [6.45, 7) is 1.73. The predicted octanol–water partition coefficient (Wildman–Crippen LogP) is 2.50. The van der Waals surface area contributed by atoms with E-state index >= 15 is 0 Å². The average molecular weight is 274 g/mol. The van der Waals surface area contributed by atoms with Crippen molar-refractivity contribution in [3.63, 3.8) is 0 Å². The van der Waals surface area contributed by atoms with Gasteiger partial charge in [0, 0.05) is 13.1 Å². The molecular weight excluding hydrogens is 256 g/mol. The molecule has 5 nitrogen and oxygen atoms in total. The smallest absolute Gasteiger partial charge is 0.410 e. The van der Waals surface area contributed by atoms with Gasteiger partial charge in [0.15, 0.2) is 0 Å². The maximum absolute atomic E-state index is 12.0. The minimum atomic E-state index is -0.245. The van der Waals surface area contributed by atoms with E-state index in [1.165, 1.54) is 0 Å². The van der Waals surface area contributed by atoms with Gasteiger partial charge in [-0.15, -0.1) is 0 Å². The normalized spacial score (nSPS) is 24.6. The number of carbonyl (C=O) groups excluding carboxylic acids is 1. The molecule has 0 radical (unpaired) electrons. The topological polar surface area (TPSA) is 62.1 Å². The third-order valence-electron chi connectivity index (χ3n) is 4.18. The molecule has 106 valence electrons. The zero-order chi connectivity index (χ0) is 13.9. The van der Waals surface area contributed by atoms with Crippen LogP contribution in [0.25, 0.3) is 0 Å². The van der Waals surface area contributed by atoms with Gasteiger partial charge in [-0.1, -0.05) is 35.5 Å². The standard InChI is InChI=1S/C15H18N2O3/c18-15(20-10-11-4-2-1-3-5-11)17-8-12-6-14(16-19)7-13(12)9-17/h1-5,12-13,19H,6-10H2. The second-order valence-corrected chi connectivity index (χ2v) is 5.54. The summed E-state index contributed by atoms with van der Waals surface area (Å²) in [4.78, 5) is 13.8. The van der Waals surface area contributed by atoms with Crippen LogP contribution in [0.3, 0.4) is 0 Å². The molecule has 0 spiro atoms. The van der Waals surface area contributed by atoms with Gasteiger partial charge in [-0.2, -0.15) is 0 Å². The molecule has 20 heavy (non-hydrogen) atoms. The van der Waals surface area contributed by atoms with E-state index in [9.17, 15) is 4.79 Å². The number of ether oxygens (including phenoxy) is 1. The minimum Gasteiger partial charge on any atom is -0.445 e.